The molecule has 1 amide bonds. The lowest BCUT2D eigenvalue weighted by molar-refractivity contribution is -0.117. The van der Waals surface area contributed by atoms with Gasteiger partial charge in [0.25, 0.3) is 0 Å². The molecule has 0 aromatic carbocycles. The number of H-pyrrole nitrogens is 1. The highest BCUT2D eigenvalue weighted by molar-refractivity contribution is 5.99. The molecule has 0 saturated heterocycles. The monoisotopic (exact) mass is 276 g/mol. The molecule has 5 nitrogen and oxygen atoms in total. The molecule has 0 atom stereocenters. The molecule has 2 aromatic heterocycles. The van der Waals surface area contributed by atoms with Crippen LogP contribution in [0.4, 0.5) is 10.1 Å². The van der Waals surface area contributed by atoms with E-state index in [1.54, 1.807) is 0 Å². The molecule has 0 spiro atoms. The molecule has 1 fully saturated rings. The Kier molecular flexibility index (Phi) is 3.62. The highest BCUT2D eigenvalue weighted by Gasteiger charge is 2.19. The van der Waals surface area contributed by atoms with Gasteiger partial charge in [0.1, 0.15) is 11.2 Å². The van der Waals surface area contributed by atoms with Crippen molar-refractivity contribution in [1.82, 2.24) is 15.0 Å². The van der Waals surface area contributed by atoms with Gasteiger partial charge in [-0.15, -0.1) is 0 Å². The molecule has 106 valence electrons. The van der Waals surface area contributed by atoms with E-state index in [-0.39, 0.29) is 11.6 Å². The zero-order valence-corrected chi connectivity index (χ0v) is 11.2. The third-order valence-electron chi connectivity index (χ3n) is 3.88. The van der Waals surface area contributed by atoms with Crippen molar-refractivity contribution in [2.75, 3.05) is 5.32 Å². The Bertz CT molecular complexity index is 619. The minimum absolute atomic E-state index is 0.0737. The van der Waals surface area contributed by atoms with Crippen molar-refractivity contribution in [1.29, 1.82) is 0 Å². The molecule has 1 aliphatic rings. The van der Waals surface area contributed by atoms with E-state index >= 15 is 0 Å². The van der Waals surface area contributed by atoms with Gasteiger partial charge in [0.15, 0.2) is 0 Å². The van der Waals surface area contributed by atoms with Gasteiger partial charge < -0.3 is 10.3 Å². The molecule has 20 heavy (non-hydrogen) atoms. The summed E-state index contributed by atoms with van der Waals surface area (Å²) in [7, 11) is 0. The molecule has 2 heterocycles. The molecule has 0 aliphatic heterocycles. The molecule has 0 bridgehead atoms. The number of nitrogens with one attached hydrogen (secondary N) is 2. The zero-order valence-electron chi connectivity index (χ0n) is 11.2. The van der Waals surface area contributed by atoms with Crippen LogP contribution in [0.5, 0.6) is 0 Å². The summed E-state index contributed by atoms with van der Waals surface area (Å²) < 4.78 is 13.8. The second-order valence-electron chi connectivity index (χ2n) is 5.35. The molecule has 3 rings (SSSR count). The van der Waals surface area contributed by atoms with Crippen LogP contribution in [0.2, 0.25) is 0 Å². The van der Waals surface area contributed by atoms with Gasteiger partial charge in [-0.3, -0.25) is 4.79 Å². The summed E-state index contributed by atoms with van der Waals surface area (Å²) in [5.41, 5.74) is 1.10. The normalized spacial score (nSPS) is 16.4. The quantitative estimate of drug-likeness (QED) is 0.846. The van der Waals surface area contributed by atoms with Gasteiger partial charge in [-0.1, -0.05) is 19.3 Å². The number of rotatable bonds is 3. The third-order valence-corrected chi connectivity index (χ3v) is 3.88. The molecule has 0 unspecified atom stereocenters. The van der Waals surface area contributed by atoms with Gasteiger partial charge >= 0.3 is 0 Å². The maximum absolute atomic E-state index is 13.8. The molecule has 6 heteroatoms. The summed E-state index contributed by atoms with van der Waals surface area (Å²) in [5, 5.41) is 2.63. The van der Waals surface area contributed by atoms with Crippen molar-refractivity contribution >= 4 is 22.6 Å². The molecular formula is C14H17FN4O. The number of aromatic amines is 1. The fourth-order valence-electron chi connectivity index (χ4n) is 2.84. The van der Waals surface area contributed by atoms with Gasteiger partial charge in [0, 0.05) is 6.42 Å². The smallest absolute Gasteiger partial charge is 0.239 e. The number of hydrogen-bond donors (Lipinski definition) is 2. The molecule has 2 N–H and O–H groups in total. The van der Waals surface area contributed by atoms with Crippen LogP contribution in [-0.4, -0.2) is 20.9 Å². The van der Waals surface area contributed by atoms with Crippen molar-refractivity contribution in [3.63, 3.8) is 0 Å². The summed E-state index contributed by atoms with van der Waals surface area (Å²) >= 11 is 0. The fourth-order valence-corrected chi connectivity index (χ4v) is 2.84. The summed E-state index contributed by atoms with van der Waals surface area (Å²) in [6.45, 7) is 0. The van der Waals surface area contributed by atoms with E-state index in [1.807, 2.05) is 0 Å². The van der Waals surface area contributed by atoms with E-state index in [4.69, 9.17) is 0 Å². The Hall–Kier alpha value is -1.98. The molecule has 1 saturated carbocycles. The lowest BCUT2D eigenvalue weighted by Gasteiger charge is -2.20. The first-order valence-electron chi connectivity index (χ1n) is 7.01. The average Bonchev–Trinajstić information content (AvgIpc) is 2.92. The summed E-state index contributed by atoms with van der Waals surface area (Å²) in [6, 6.07) is 0. The second-order valence-corrected chi connectivity index (χ2v) is 5.35. The first kappa shape index (κ1) is 13.0. The van der Waals surface area contributed by atoms with Crippen molar-refractivity contribution in [2.24, 2.45) is 5.92 Å². The SMILES string of the molecule is O=C(CC1CCCCC1)Nc1c(F)ncc2[nH]cnc12. The first-order valence-corrected chi connectivity index (χ1v) is 7.01. The maximum atomic E-state index is 13.8. The average molecular weight is 276 g/mol. The Labute approximate surface area is 116 Å². The van der Waals surface area contributed by atoms with E-state index < -0.39 is 5.95 Å². The highest BCUT2D eigenvalue weighted by Crippen LogP contribution is 2.27. The number of amides is 1. The predicted octanol–water partition coefficient (Wildman–Crippen LogP) is 3.01. The van der Waals surface area contributed by atoms with Crippen molar-refractivity contribution in [2.45, 2.75) is 38.5 Å². The van der Waals surface area contributed by atoms with Gasteiger partial charge in [-0.05, 0) is 18.8 Å². The highest BCUT2D eigenvalue weighted by atomic mass is 19.1. The van der Waals surface area contributed by atoms with Gasteiger partial charge in [-0.25, -0.2) is 9.97 Å². The van der Waals surface area contributed by atoms with E-state index in [2.05, 4.69) is 20.3 Å². The molecule has 2 aromatic rings. The number of halogens is 1. The van der Waals surface area contributed by atoms with E-state index in [9.17, 15) is 9.18 Å². The van der Waals surface area contributed by atoms with Crippen LogP contribution in [0, 0.1) is 11.9 Å². The minimum Gasteiger partial charge on any atom is -0.343 e. The number of anilines is 1. The largest absolute Gasteiger partial charge is 0.343 e. The Morgan fingerprint density at radius 1 is 1.35 bits per heavy atom. The standard InChI is InChI=1S/C14H17FN4O/c15-14-13(12-10(7-16-14)17-8-18-12)19-11(20)6-9-4-2-1-3-5-9/h7-9H,1-6H2,(H,17,18)(H,19,20). The van der Waals surface area contributed by atoms with Gasteiger partial charge in [0.05, 0.1) is 18.0 Å². The molecule has 1 aliphatic carbocycles. The fraction of sp³-hybridized carbons (Fsp3) is 0.500. The van der Waals surface area contributed by atoms with Crippen molar-refractivity contribution in [3.05, 3.63) is 18.5 Å². The summed E-state index contributed by atoms with van der Waals surface area (Å²) in [6.07, 6.45) is 9.06. The van der Waals surface area contributed by atoms with E-state index in [0.29, 0.717) is 23.4 Å². The lowest BCUT2D eigenvalue weighted by atomic mass is 9.87. The minimum atomic E-state index is -0.693. The van der Waals surface area contributed by atoms with Crippen LogP contribution in [0.1, 0.15) is 38.5 Å². The number of carbonyl (C=O) groups is 1. The Morgan fingerprint density at radius 3 is 2.95 bits per heavy atom. The van der Waals surface area contributed by atoms with Crippen LogP contribution >= 0.6 is 0 Å². The first-order chi connectivity index (χ1) is 9.74. The Balaban J connectivity index is 1.73. The molecule has 0 radical (unpaired) electrons. The van der Waals surface area contributed by atoms with Gasteiger partial charge in [-0.2, -0.15) is 4.39 Å². The summed E-state index contributed by atoms with van der Waals surface area (Å²) in [4.78, 5) is 22.6. The number of pyridine rings is 1. The van der Waals surface area contributed by atoms with Crippen molar-refractivity contribution < 1.29 is 9.18 Å². The van der Waals surface area contributed by atoms with E-state index in [0.717, 1.165) is 12.8 Å². The zero-order chi connectivity index (χ0) is 13.9. The van der Waals surface area contributed by atoms with Crippen LogP contribution in [-0.2, 0) is 4.79 Å². The number of imidazole rings is 1. The van der Waals surface area contributed by atoms with Crippen LogP contribution in [0.3, 0.4) is 0 Å². The Morgan fingerprint density at radius 2 is 2.15 bits per heavy atom. The van der Waals surface area contributed by atoms with Gasteiger partial charge in [0.2, 0.25) is 11.9 Å². The number of fused-ring (bicyclic) bond motifs is 1. The number of hydrogen-bond acceptors (Lipinski definition) is 3. The van der Waals surface area contributed by atoms with Crippen LogP contribution in [0.15, 0.2) is 12.5 Å². The number of carbonyl (C=O) groups excluding carboxylic acids is 1. The topological polar surface area (TPSA) is 70.7 Å². The maximum Gasteiger partial charge on any atom is 0.239 e. The molecular weight excluding hydrogens is 259 g/mol. The van der Waals surface area contributed by atoms with Crippen LogP contribution < -0.4 is 5.32 Å². The summed E-state index contributed by atoms with van der Waals surface area (Å²) in [5.74, 6) is -0.437. The van der Waals surface area contributed by atoms with E-state index in [1.165, 1.54) is 31.8 Å². The second kappa shape index (κ2) is 5.56. The third kappa shape index (κ3) is 2.64. The predicted molar refractivity (Wildman–Crippen MR) is 73.7 cm³/mol. The number of nitrogens with zero attached hydrogens (tertiary/aromatic N) is 2. The number of aromatic nitrogens is 3. The lowest BCUT2D eigenvalue weighted by Crippen LogP contribution is -2.19. The van der Waals surface area contributed by atoms with Crippen LogP contribution in [0.25, 0.3) is 11.0 Å². The van der Waals surface area contributed by atoms with Crippen molar-refractivity contribution in [3.8, 4) is 0 Å².